The Hall–Kier alpha value is -1.00. The summed E-state index contributed by atoms with van der Waals surface area (Å²) >= 11 is 1.87. The van der Waals surface area contributed by atoms with Gasteiger partial charge in [0.25, 0.3) is 0 Å². The Morgan fingerprint density at radius 1 is 1.35 bits per heavy atom. The van der Waals surface area contributed by atoms with E-state index in [0.717, 1.165) is 18.6 Å². The molecule has 0 fully saturated rings. The Bertz CT molecular complexity index is 458. The molecule has 0 aliphatic heterocycles. The van der Waals surface area contributed by atoms with Crippen LogP contribution in [0.25, 0.3) is 0 Å². The first-order valence-electron chi connectivity index (χ1n) is 6.94. The Kier molecular flexibility index (Phi) is 6.56. The normalized spacial score (nSPS) is 13.8. The highest BCUT2D eigenvalue weighted by atomic mass is 32.2. The minimum Gasteiger partial charge on any atom is -0.468 e. The molecule has 4 heteroatoms. The molecule has 0 radical (unpaired) electrons. The first-order chi connectivity index (χ1) is 9.36. The second kappa shape index (κ2) is 7.70. The number of rotatable bonds is 7. The number of hydrogen-bond acceptors (Lipinski definition) is 4. The first-order valence-corrected chi connectivity index (χ1v) is 7.93. The van der Waals surface area contributed by atoms with Gasteiger partial charge in [-0.15, -0.1) is 11.8 Å². The van der Waals surface area contributed by atoms with Crippen molar-refractivity contribution >= 4 is 17.7 Å². The quantitative estimate of drug-likeness (QED) is 0.475. The molecule has 0 heterocycles. The van der Waals surface area contributed by atoms with E-state index in [1.165, 1.54) is 23.1 Å². The molecule has 112 valence electrons. The average molecular weight is 295 g/mol. The number of carbonyl (C=O) groups is 1. The Balaban J connectivity index is 2.32. The van der Waals surface area contributed by atoms with Crippen LogP contribution in [0.3, 0.4) is 0 Å². The fraction of sp³-hybridized carbons (Fsp3) is 0.562. The molecule has 0 bridgehead atoms. The zero-order valence-corrected chi connectivity index (χ0v) is 13.7. The minimum atomic E-state index is -0.862. The van der Waals surface area contributed by atoms with E-state index in [1.807, 2.05) is 11.8 Å². The lowest BCUT2D eigenvalue weighted by Crippen LogP contribution is -2.45. The fourth-order valence-electron chi connectivity index (χ4n) is 1.97. The predicted molar refractivity (Wildman–Crippen MR) is 85.1 cm³/mol. The van der Waals surface area contributed by atoms with Crippen molar-refractivity contribution in [3.8, 4) is 0 Å². The molecule has 0 aliphatic rings. The second-order valence-electron chi connectivity index (χ2n) is 5.48. The summed E-state index contributed by atoms with van der Waals surface area (Å²) in [5, 5.41) is 0. The van der Waals surface area contributed by atoms with Crippen LogP contribution in [-0.2, 0) is 9.53 Å². The number of unbranched alkanes of at least 4 members (excludes halogenated alkanes) is 1. The van der Waals surface area contributed by atoms with E-state index >= 15 is 0 Å². The highest BCUT2D eigenvalue weighted by molar-refractivity contribution is 7.99. The lowest BCUT2D eigenvalue weighted by atomic mass is 9.97. The Morgan fingerprint density at radius 2 is 2.05 bits per heavy atom. The van der Waals surface area contributed by atoms with Crippen molar-refractivity contribution in [1.82, 2.24) is 0 Å². The maximum absolute atomic E-state index is 11.4. The molecule has 0 aliphatic carbocycles. The van der Waals surface area contributed by atoms with E-state index in [-0.39, 0.29) is 5.97 Å². The van der Waals surface area contributed by atoms with Crippen molar-refractivity contribution in [3.63, 3.8) is 0 Å². The van der Waals surface area contributed by atoms with Gasteiger partial charge in [0.2, 0.25) is 0 Å². The van der Waals surface area contributed by atoms with E-state index in [9.17, 15) is 4.79 Å². The van der Waals surface area contributed by atoms with Gasteiger partial charge in [-0.05, 0) is 51.0 Å². The summed E-state index contributed by atoms with van der Waals surface area (Å²) in [7, 11) is 1.38. The molecular formula is C16H25NO2S. The van der Waals surface area contributed by atoms with Crippen LogP contribution in [0, 0.1) is 13.8 Å². The zero-order valence-electron chi connectivity index (χ0n) is 12.9. The van der Waals surface area contributed by atoms with Gasteiger partial charge in [0.05, 0.1) is 7.11 Å². The molecule has 0 saturated heterocycles. The Labute approximate surface area is 126 Å². The fourth-order valence-corrected chi connectivity index (χ4v) is 3.11. The number of hydrogen-bond donors (Lipinski definition) is 1. The summed E-state index contributed by atoms with van der Waals surface area (Å²) in [6, 6.07) is 6.52. The number of esters is 1. The molecular weight excluding hydrogens is 270 g/mol. The van der Waals surface area contributed by atoms with Crippen LogP contribution in [0.15, 0.2) is 23.1 Å². The summed E-state index contributed by atoms with van der Waals surface area (Å²) in [5.41, 5.74) is 7.67. The number of aryl methyl sites for hydroxylation is 2. The maximum atomic E-state index is 11.4. The van der Waals surface area contributed by atoms with Gasteiger partial charge in [-0.25, -0.2) is 0 Å². The monoisotopic (exact) mass is 295 g/mol. The van der Waals surface area contributed by atoms with Gasteiger partial charge < -0.3 is 10.5 Å². The van der Waals surface area contributed by atoms with Crippen LogP contribution < -0.4 is 5.73 Å². The van der Waals surface area contributed by atoms with Gasteiger partial charge in [-0.1, -0.05) is 24.1 Å². The van der Waals surface area contributed by atoms with Crippen molar-refractivity contribution in [2.75, 3.05) is 12.9 Å². The third-order valence-electron chi connectivity index (χ3n) is 3.34. The molecule has 1 rings (SSSR count). The molecule has 0 amide bonds. The van der Waals surface area contributed by atoms with Gasteiger partial charge in [-0.3, -0.25) is 4.79 Å². The first kappa shape index (κ1) is 17.1. The third kappa shape index (κ3) is 5.17. The summed E-state index contributed by atoms with van der Waals surface area (Å²) in [5.74, 6) is 0.710. The number of ether oxygens (including phenoxy) is 1. The van der Waals surface area contributed by atoms with Crippen LogP contribution in [-0.4, -0.2) is 24.4 Å². The molecule has 0 spiro atoms. The molecule has 1 atom stereocenters. The second-order valence-corrected chi connectivity index (χ2v) is 6.62. The SMILES string of the molecule is COC(=O)C(C)(N)CCCCSc1cc(C)ccc1C. The van der Waals surface area contributed by atoms with E-state index < -0.39 is 5.54 Å². The lowest BCUT2D eigenvalue weighted by Gasteiger charge is -2.21. The Morgan fingerprint density at radius 3 is 2.70 bits per heavy atom. The van der Waals surface area contributed by atoms with E-state index in [0.29, 0.717) is 6.42 Å². The van der Waals surface area contributed by atoms with E-state index in [1.54, 1.807) is 6.92 Å². The van der Waals surface area contributed by atoms with Crippen LogP contribution >= 0.6 is 11.8 Å². The van der Waals surface area contributed by atoms with Crippen LogP contribution in [0.5, 0.6) is 0 Å². The van der Waals surface area contributed by atoms with Gasteiger partial charge in [0.1, 0.15) is 5.54 Å². The molecule has 1 aromatic carbocycles. The standard InChI is InChI=1S/C16H25NO2S/c1-12-7-8-13(2)14(11-12)20-10-6-5-9-16(3,17)15(18)19-4/h7-8,11H,5-6,9-10,17H2,1-4H3. The van der Waals surface area contributed by atoms with Crippen molar-refractivity contribution in [2.45, 2.75) is 50.5 Å². The smallest absolute Gasteiger partial charge is 0.325 e. The summed E-state index contributed by atoms with van der Waals surface area (Å²) in [6.45, 7) is 5.98. The summed E-state index contributed by atoms with van der Waals surface area (Å²) in [6.07, 6.45) is 2.63. The number of carbonyl (C=O) groups excluding carboxylic acids is 1. The molecule has 0 saturated carbocycles. The number of nitrogens with two attached hydrogens (primary N) is 1. The maximum Gasteiger partial charge on any atom is 0.325 e. The average Bonchev–Trinajstić information content (AvgIpc) is 2.41. The van der Waals surface area contributed by atoms with Crippen molar-refractivity contribution in [2.24, 2.45) is 5.73 Å². The van der Waals surface area contributed by atoms with Gasteiger partial charge in [0, 0.05) is 4.90 Å². The van der Waals surface area contributed by atoms with Crippen LogP contribution in [0.4, 0.5) is 0 Å². The zero-order chi connectivity index (χ0) is 15.2. The molecule has 20 heavy (non-hydrogen) atoms. The van der Waals surface area contributed by atoms with Crippen molar-refractivity contribution in [1.29, 1.82) is 0 Å². The number of methoxy groups -OCH3 is 1. The van der Waals surface area contributed by atoms with Crippen LogP contribution in [0.1, 0.15) is 37.3 Å². The highest BCUT2D eigenvalue weighted by Crippen LogP contribution is 2.25. The van der Waals surface area contributed by atoms with Gasteiger partial charge in [0.15, 0.2) is 0 Å². The summed E-state index contributed by atoms with van der Waals surface area (Å²) < 4.78 is 4.70. The molecule has 1 aromatic rings. The van der Waals surface area contributed by atoms with Crippen LogP contribution in [0.2, 0.25) is 0 Å². The van der Waals surface area contributed by atoms with Crippen molar-refractivity contribution in [3.05, 3.63) is 29.3 Å². The van der Waals surface area contributed by atoms with E-state index in [4.69, 9.17) is 10.5 Å². The molecule has 3 nitrogen and oxygen atoms in total. The third-order valence-corrected chi connectivity index (χ3v) is 4.59. The summed E-state index contributed by atoms with van der Waals surface area (Å²) in [4.78, 5) is 12.8. The minimum absolute atomic E-state index is 0.334. The number of thioether (sulfide) groups is 1. The topological polar surface area (TPSA) is 52.3 Å². The molecule has 2 N–H and O–H groups in total. The molecule has 1 unspecified atom stereocenters. The number of benzene rings is 1. The lowest BCUT2D eigenvalue weighted by molar-refractivity contribution is -0.146. The molecule has 0 aromatic heterocycles. The van der Waals surface area contributed by atoms with Crippen molar-refractivity contribution < 1.29 is 9.53 Å². The van der Waals surface area contributed by atoms with Gasteiger partial charge >= 0.3 is 5.97 Å². The van der Waals surface area contributed by atoms with E-state index in [2.05, 4.69) is 32.0 Å². The largest absolute Gasteiger partial charge is 0.468 e. The highest BCUT2D eigenvalue weighted by Gasteiger charge is 2.28. The predicted octanol–water partition coefficient (Wildman–Crippen LogP) is 3.46. The van der Waals surface area contributed by atoms with Gasteiger partial charge in [-0.2, -0.15) is 0 Å².